The minimum Gasteiger partial charge on any atom is -0.633 e. The maximum atomic E-state index is 12.5. The van der Waals surface area contributed by atoms with Crippen LogP contribution in [0.3, 0.4) is 0 Å². The highest BCUT2D eigenvalue weighted by molar-refractivity contribution is 4.58. The Morgan fingerprint density at radius 1 is 0.850 bits per heavy atom. The number of hydroxylamine groups is 3. The second kappa shape index (κ2) is 12.6. The molecule has 0 aliphatic heterocycles. The van der Waals surface area contributed by atoms with Crippen LogP contribution in [0.1, 0.15) is 85.0 Å². The van der Waals surface area contributed by atoms with Crippen molar-refractivity contribution in [2.45, 2.75) is 91.0 Å². The van der Waals surface area contributed by atoms with Crippen molar-refractivity contribution in [3.05, 3.63) is 5.21 Å². The van der Waals surface area contributed by atoms with Gasteiger partial charge in [0.25, 0.3) is 0 Å². The first kappa shape index (κ1) is 19.9. The molecule has 3 heteroatoms. The van der Waals surface area contributed by atoms with Crippen LogP contribution < -0.4 is 5.73 Å². The molecule has 2 N–H and O–H groups in total. The average Bonchev–Trinajstić information content (AvgIpc) is 2.47. The lowest BCUT2D eigenvalue weighted by Gasteiger charge is -2.42. The number of hydrogen-bond donors (Lipinski definition) is 1. The molecule has 20 heavy (non-hydrogen) atoms. The zero-order chi connectivity index (χ0) is 15.3. The molecule has 0 fully saturated rings. The first-order valence-corrected chi connectivity index (χ1v) is 8.90. The number of hydrogen-bond acceptors (Lipinski definition) is 2. The summed E-state index contributed by atoms with van der Waals surface area (Å²) >= 11 is 0. The Bertz CT molecular complexity index is 211. The Morgan fingerprint density at radius 3 is 1.90 bits per heavy atom. The molecule has 0 aromatic carbocycles. The summed E-state index contributed by atoms with van der Waals surface area (Å²) in [7, 11) is 0. The van der Waals surface area contributed by atoms with Gasteiger partial charge in [-0.05, 0) is 26.2 Å². The van der Waals surface area contributed by atoms with Gasteiger partial charge < -0.3 is 15.6 Å². The molecule has 3 nitrogen and oxygen atoms in total. The summed E-state index contributed by atoms with van der Waals surface area (Å²) in [5.41, 5.74) is 5.92. The van der Waals surface area contributed by atoms with Gasteiger partial charge >= 0.3 is 0 Å². The number of rotatable bonds is 14. The molecule has 0 amide bonds. The van der Waals surface area contributed by atoms with Crippen LogP contribution in [0.25, 0.3) is 0 Å². The standard InChI is InChI=1S/C17H38N2O/c1-4-7-8-9-10-11-12-13-15-19(20,6-3)16-14-17(18)5-2/h17H,4-16,18H2,1-3H3. The van der Waals surface area contributed by atoms with Crippen LogP contribution in [0, 0.1) is 5.21 Å². The largest absolute Gasteiger partial charge is 0.633 e. The van der Waals surface area contributed by atoms with Crippen LogP contribution in [0.2, 0.25) is 0 Å². The van der Waals surface area contributed by atoms with Crippen molar-refractivity contribution < 1.29 is 4.65 Å². The van der Waals surface area contributed by atoms with Crippen molar-refractivity contribution >= 4 is 0 Å². The van der Waals surface area contributed by atoms with E-state index in [1.807, 2.05) is 6.92 Å². The van der Waals surface area contributed by atoms with Gasteiger partial charge in [0.05, 0.1) is 19.6 Å². The van der Waals surface area contributed by atoms with Crippen LogP contribution in [-0.4, -0.2) is 30.3 Å². The first-order chi connectivity index (χ1) is 9.58. The maximum absolute atomic E-state index is 12.5. The fourth-order valence-electron chi connectivity index (χ4n) is 2.57. The van der Waals surface area contributed by atoms with Gasteiger partial charge in [-0.3, -0.25) is 0 Å². The number of unbranched alkanes of at least 4 members (excludes halogenated alkanes) is 7. The molecule has 2 atom stereocenters. The molecular weight excluding hydrogens is 248 g/mol. The predicted molar refractivity (Wildman–Crippen MR) is 89.4 cm³/mol. The van der Waals surface area contributed by atoms with E-state index in [2.05, 4.69) is 13.8 Å². The Hall–Kier alpha value is -0.120. The first-order valence-electron chi connectivity index (χ1n) is 8.90. The van der Waals surface area contributed by atoms with E-state index < -0.39 is 0 Å². The van der Waals surface area contributed by atoms with Gasteiger partial charge in [-0.25, -0.2) is 0 Å². The molecule has 0 bridgehead atoms. The summed E-state index contributed by atoms with van der Waals surface area (Å²) in [4.78, 5) is 0. The van der Waals surface area contributed by atoms with Crippen LogP contribution in [0.5, 0.6) is 0 Å². The monoisotopic (exact) mass is 286 g/mol. The van der Waals surface area contributed by atoms with Crippen LogP contribution in [0.15, 0.2) is 0 Å². The van der Waals surface area contributed by atoms with Crippen molar-refractivity contribution in [1.29, 1.82) is 0 Å². The van der Waals surface area contributed by atoms with Gasteiger partial charge in [0.15, 0.2) is 0 Å². The average molecular weight is 287 g/mol. The molecular formula is C17H38N2O. The number of nitrogens with two attached hydrogens (primary N) is 1. The van der Waals surface area contributed by atoms with E-state index in [1.165, 1.54) is 44.9 Å². The van der Waals surface area contributed by atoms with E-state index in [9.17, 15) is 5.21 Å². The van der Waals surface area contributed by atoms with E-state index in [0.717, 1.165) is 25.8 Å². The third kappa shape index (κ3) is 10.6. The van der Waals surface area contributed by atoms with Crippen LogP contribution in [0.4, 0.5) is 0 Å². The Kier molecular flexibility index (Phi) is 12.5. The molecule has 0 aromatic heterocycles. The smallest absolute Gasteiger partial charge is 0.0798 e. The lowest BCUT2D eigenvalue weighted by molar-refractivity contribution is -0.879. The molecule has 0 saturated heterocycles. The fraction of sp³-hybridized carbons (Fsp3) is 1.00. The van der Waals surface area contributed by atoms with Crippen molar-refractivity contribution in [1.82, 2.24) is 0 Å². The highest BCUT2D eigenvalue weighted by Crippen LogP contribution is 2.13. The summed E-state index contributed by atoms with van der Waals surface area (Å²) in [5.74, 6) is 0. The second-order valence-corrected chi connectivity index (χ2v) is 6.25. The molecule has 0 aliphatic rings. The topological polar surface area (TPSA) is 49.1 Å². The van der Waals surface area contributed by atoms with Crippen molar-refractivity contribution in [2.75, 3.05) is 19.6 Å². The summed E-state index contributed by atoms with van der Waals surface area (Å²) in [6.07, 6.45) is 12.2. The third-order valence-corrected chi connectivity index (χ3v) is 4.43. The second-order valence-electron chi connectivity index (χ2n) is 6.25. The van der Waals surface area contributed by atoms with E-state index in [1.54, 1.807) is 0 Å². The summed E-state index contributed by atoms with van der Waals surface area (Å²) in [6, 6.07) is 0.201. The van der Waals surface area contributed by atoms with Crippen molar-refractivity contribution in [3.63, 3.8) is 0 Å². The van der Waals surface area contributed by atoms with E-state index in [4.69, 9.17) is 5.73 Å². The summed E-state index contributed by atoms with van der Waals surface area (Å²) in [6.45, 7) is 8.52. The number of quaternary nitrogens is 1. The van der Waals surface area contributed by atoms with Gasteiger partial charge in [-0.2, -0.15) is 0 Å². The molecule has 0 radical (unpaired) electrons. The molecule has 0 heterocycles. The van der Waals surface area contributed by atoms with Crippen molar-refractivity contribution in [3.8, 4) is 0 Å². The van der Waals surface area contributed by atoms with Crippen LogP contribution >= 0.6 is 0 Å². The van der Waals surface area contributed by atoms with Gasteiger partial charge in [-0.1, -0.05) is 52.4 Å². The van der Waals surface area contributed by atoms with Crippen molar-refractivity contribution in [2.24, 2.45) is 5.73 Å². The molecule has 122 valence electrons. The third-order valence-electron chi connectivity index (χ3n) is 4.43. The minimum atomic E-state index is -0.0382. The molecule has 0 spiro atoms. The molecule has 0 saturated carbocycles. The van der Waals surface area contributed by atoms with Gasteiger partial charge in [0.1, 0.15) is 0 Å². The lowest BCUT2D eigenvalue weighted by atomic mass is 10.1. The summed E-state index contributed by atoms with van der Waals surface area (Å²) < 4.78 is -0.0382. The zero-order valence-electron chi connectivity index (χ0n) is 14.2. The lowest BCUT2D eigenvalue weighted by Crippen LogP contribution is -2.45. The Morgan fingerprint density at radius 2 is 1.40 bits per heavy atom. The molecule has 0 aliphatic carbocycles. The number of nitrogens with zero attached hydrogens (tertiary/aromatic N) is 1. The normalized spacial score (nSPS) is 16.1. The highest BCUT2D eigenvalue weighted by Gasteiger charge is 2.15. The maximum Gasteiger partial charge on any atom is 0.0798 e. The minimum absolute atomic E-state index is 0.0382. The van der Waals surface area contributed by atoms with E-state index in [0.29, 0.717) is 13.1 Å². The quantitative estimate of drug-likeness (QED) is 0.288. The zero-order valence-corrected chi connectivity index (χ0v) is 14.2. The molecule has 0 aromatic rings. The Labute approximate surface area is 127 Å². The van der Waals surface area contributed by atoms with Gasteiger partial charge in [0, 0.05) is 12.5 Å². The summed E-state index contributed by atoms with van der Waals surface area (Å²) in [5, 5.41) is 12.5. The predicted octanol–water partition coefficient (Wildman–Crippen LogP) is 4.59. The molecule has 0 rings (SSSR count). The fourth-order valence-corrected chi connectivity index (χ4v) is 2.57. The Balaban J connectivity index is 3.62. The highest BCUT2D eigenvalue weighted by atomic mass is 16.5. The SMILES string of the molecule is CCCCCCCCCC[N+]([O-])(CC)CCC(N)CC. The van der Waals surface area contributed by atoms with Crippen LogP contribution in [-0.2, 0) is 0 Å². The van der Waals surface area contributed by atoms with Gasteiger partial charge in [0.2, 0.25) is 0 Å². The molecule has 2 unspecified atom stereocenters. The van der Waals surface area contributed by atoms with E-state index >= 15 is 0 Å². The van der Waals surface area contributed by atoms with Gasteiger partial charge in [-0.15, -0.1) is 0 Å². The van der Waals surface area contributed by atoms with E-state index in [-0.39, 0.29) is 10.7 Å².